The van der Waals surface area contributed by atoms with Gasteiger partial charge in [0, 0.05) is 77.0 Å². The maximum atomic E-state index is 5.60. The van der Waals surface area contributed by atoms with Crippen LogP contribution >= 0.6 is 23.1 Å². The monoisotopic (exact) mass is 1020 g/mol. The molecule has 5 heterocycles. The fourth-order valence-corrected chi connectivity index (χ4v) is 17.3. The number of allylic oxidation sites excluding steroid dienone is 16. The molecular weight excluding hydrogens is 963 g/mol. The maximum absolute atomic E-state index is 5.60. The second kappa shape index (κ2) is 18.2. The standard InChI is InChI=1S/C69H57N5S2/c1-5-19-42(20-6-1)67-70-68(43-21-7-2-8-22-43)72-69(71-67)52-41-44(47-29-17-33-57-63(47)65-59(75-57)39-37-55-61(65)50-27-13-15-31-53(50)73(55)45-23-9-3-10-24-45)35-36-48(52)49-30-18-34-58-64(49)66-60(76-58)40-38-56-62(66)51-28-14-16-32-54(51)74(56)46-25-11-4-12-26-46/h1,3-5,7,9-19,21-23,25-26,28,30,32-36,38,40-41,45,47,50,53,58,64H,2,6,8,20,24,27,29,31,37,39H2. The quantitative estimate of drug-likeness (QED) is 0.149. The number of aryl methyl sites for hydroxylation is 1. The zero-order valence-electron chi connectivity index (χ0n) is 42.5. The van der Waals surface area contributed by atoms with Crippen molar-refractivity contribution >= 4 is 73.3 Å². The van der Waals surface area contributed by atoms with Gasteiger partial charge in [0.2, 0.25) is 0 Å². The van der Waals surface area contributed by atoms with E-state index in [0.29, 0.717) is 18.0 Å². The lowest BCUT2D eigenvalue weighted by Gasteiger charge is -2.38. The van der Waals surface area contributed by atoms with E-state index in [1.165, 1.54) is 65.1 Å². The van der Waals surface area contributed by atoms with Crippen LogP contribution in [0.5, 0.6) is 0 Å². The van der Waals surface area contributed by atoms with Gasteiger partial charge in [-0.25, -0.2) is 15.0 Å². The van der Waals surface area contributed by atoms with E-state index < -0.39 is 0 Å². The molecule has 0 saturated heterocycles. The summed E-state index contributed by atoms with van der Waals surface area (Å²) in [6, 6.07) is 33.1. The summed E-state index contributed by atoms with van der Waals surface area (Å²) >= 11 is 4.08. The van der Waals surface area contributed by atoms with E-state index in [0.717, 1.165) is 92.8 Å². The number of aromatic nitrogens is 4. The molecule has 6 atom stereocenters. The van der Waals surface area contributed by atoms with Crippen LogP contribution in [0.3, 0.4) is 0 Å². The summed E-state index contributed by atoms with van der Waals surface area (Å²) in [7, 11) is 0. The Morgan fingerprint density at radius 1 is 0.618 bits per heavy atom. The average molecular weight is 1020 g/mol. The van der Waals surface area contributed by atoms with Crippen molar-refractivity contribution in [1.29, 1.82) is 0 Å². The van der Waals surface area contributed by atoms with E-state index in [1.807, 2.05) is 11.8 Å². The Bertz CT molecular complexity index is 3970. The summed E-state index contributed by atoms with van der Waals surface area (Å²) in [6.45, 7) is 0. The number of thiophene rings is 1. The van der Waals surface area contributed by atoms with Gasteiger partial charge in [-0.1, -0.05) is 146 Å². The molecule has 9 aliphatic rings. The van der Waals surface area contributed by atoms with E-state index in [-0.39, 0.29) is 17.1 Å². The molecule has 0 saturated carbocycles. The first-order chi connectivity index (χ1) is 37.7. The van der Waals surface area contributed by atoms with Crippen LogP contribution in [0.4, 0.5) is 0 Å². The molecule has 0 radical (unpaired) electrons. The van der Waals surface area contributed by atoms with Gasteiger partial charge in [-0.15, -0.1) is 23.1 Å². The van der Waals surface area contributed by atoms with Crippen molar-refractivity contribution in [1.82, 2.24) is 24.4 Å². The minimum Gasteiger partial charge on any atom is -0.364 e. The molecule has 0 N–H and O–H groups in total. The van der Waals surface area contributed by atoms with Crippen LogP contribution in [0.2, 0.25) is 0 Å². The lowest BCUT2D eigenvalue weighted by molar-refractivity contribution is 0.194. The molecule has 7 aliphatic carbocycles. The van der Waals surface area contributed by atoms with Gasteiger partial charge in [-0.2, -0.15) is 0 Å². The summed E-state index contributed by atoms with van der Waals surface area (Å²) in [5, 5.41) is 2.89. The van der Waals surface area contributed by atoms with Crippen molar-refractivity contribution in [3.63, 3.8) is 0 Å². The number of nitrogens with zero attached hydrogens (tertiary/aromatic N) is 5. The van der Waals surface area contributed by atoms with Crippen LogP contribution in [0.1, 0.15) is 119 Å². The van der Waals surface area contributed by atoms with E-state index >= 15 is 0 Å². The fraction of sp³-hybridized carbons (Fsp3) is 0.232. The normalized spacial score (nSPS) is 24.6. The molecule has 5 nitrogen and oxygen atoms in total. The van der Waals surface area contributed by atoms with Crippen LogP contribution in [-0.2, 0) is 6.42 Å². The van der Waals surface area contributed by atoms with Gasteiger partial charge >= 0.3 is 0 Å². The van der Waals surface area contributed by atoms with E-state index in [2.05, 4.69) is 209 Å². The van der Waals surface area contributed by atoms with E-state index in [4.69, 9.17) is 15.0 Å². The van der Waals surface area contributed by atoms with Crippen molar-refractivity contribution in [2.24, 2.45) is 5.92 Å². The zero-order chi connectivity index (χ0) is 49.8. The van der Waals surface area contributed by atoms with Crippen molar-refractivity contribution in [3.05, 3.63) is 237 Å². The molecule has 7 aromatic rings. The molecule has 0 fully saturated rings. The van der Waals surface area contributed by atoms with Crippen LogP contribution < -0.4 is 0 Å². The smallest absolute Gasteiger partial charge is 0.164 e. The van der Waals surface area contributed by atoms with E-state index in [9.17, 15) is 0 Å². The summed E-state index contributed by atoms with van der Waals surface area (Å²) in [5.74, 6) is 3.11. The van der Waals surface area contributed by atoms with Gasteiger partial charge in [0.25, 0.3) is 0 Å². The highest BCUT2D eigenvalue weighted by molar-refractivity contribution is 8.00. The van der Waals surface area contributed by atoms with Crippen LogP contribution in [-0.4, -0.2) is 41.8 Å². The largest absolute Gasteiger partial charge is 0.364 e. The topological polar surface area (TPSA) is 46.8 Å². The SMILES string of the molecule is C1=CCCC(c2nc(C3=CCCC=C3)nc(-c3cc(C4CC=Cc5sc6c(c54)C4=C(CC6)N(C5C=CC=CC5)C5CC=CCC45)ccc3C3=CC=CC4Sc5ccc6c(c5C34)c3ccccc3n6-c3ccccc3)n2)=C1. The molecule has 2 aliphatic heterocycles. The molecule has 0 bridgehead atoms. The molecule has 4 aromatic carbocycles. The van der Waals surface area contributed by atoms with Gasteiger partial charge in [-0.05, 0) is 151 Å². The molecule has 370 valence electrons. The first-order valence-electron chi connectivity index (χ1n) is 27.8. The van der Waals surface area contributed by atoms with Crippen LogP contribution in [0.25, 0.3) is 67.2 Å². The number of fused-ring (bicyclic) bond motifs is 13. The second-order valence-corrected chi connectivity index (χ2v) is 24.3. The van der Waals surface area contributed by atoms with Crippen LogP contribution in [0, 0.1) is 5.92 Å². The Labute approximate surface area is 453 Å². The predicted octanol–water partition coefficient (Wildman–Crippen LogP) is 17.1. The Balaban J connectivity index is 0.900. The summed E-state index contributed by atoms with van der Waals surface area (Å²) in [4.78, 5) is 23.8. The molecule has 76 heavy (non-hydrogen) atoms. The van der Waals surface area contributed by atoms with Gasteiger partial charge in [0.1, 0.15) is 0 Å². The van der Waals surface area contributed by atoms with Gasteiger partial charge in [0.05, 0.1) is 17.1 Å². The average Bonchev–Trinajstić information content (AvgIpc) is 4.33. The van der Waals surface area contributed by atoms with Crippen LogP contribution in [0.15, 0.2) is 193 Å². The van der Waals surface area contributed by atoms with Crippen molar-refractivity contribution in [2.75, 3.05) is 0 Å². The van der Waals surface area contributed by atoms with Crippen molar-refractivity contribution in [2.45, 2.75) is 98.3 Å². The highest BCUT2D eigenvalue weighted by Crippen LogP contribution is 2.60. The summed E-state index contributed by atoms with van der Waals surface area (Å²) < 4.78 is 2.47. The van der Waals surface area contributed by atoms with Gasteiger partial charge < -0.3 is 9.47 Å². The molecule has 16 rings (SSSR count). The van der Waals surface area contributed by atoms with Crippen molar-refractivity contribution in [3.8, 4) is 17.1 Å². The van der Waals surface area contributed by atoms with Crippen molar-refractivity contribution < 1.29 is 0 Å². The number of rotatable bonds is 7. The molecule has 3 aromatic heterocycles. The third-order valence-electron chi connectivity index (χ3n) is 17.8. The first-order valence-corrected chi connectivity index (χ1v) is 29.5. The number of para-hydroxylation sites is 2. The van der Waals surface area contributed by atoms with Gasteiger partial charge in [0.15, 0.2) is 17.5 Å². The highest BCUT2D eigenvalue weighted by atomic mass is 32.2. The Morgan fingerprint density at radius 3 is 2.42 bits per heavy atom. The molecule has 7 heteroatoms. The third kappa shape index (κ3) is 7.07. The lowest BCUT2D eigenvalue weighted by Crippen LogP contribution is -2.41. The molecule has 0 spiro atoms. The zero-order valence-corrected chi connectivity index (χ0v) is 44.1. The van der Waals surface area contributed by atoms with Gasteiger partial charge in [-0.3, -0.25) is 0 Å². The predicted molar refractivity (Wildman–Crippen MR) is 317 cm³/mol. The minimum atomic E-state index is 0.111. The number of benzene rings is 4. The number of thioether (sulfide) groups is 1. The Hall–Kier alpha value is -7.32. The molecule has 6 unspecified atom stereocenters. The lowest BCUT2D eigenvalue weighted by atomic mass is 9.74. The summed E-state index contributed by atoms with van der Waals surface area (Å²) in [5.41, 5.74) is 18.7. The summed E-state index contributed by atoms with van der Waals surface area (Å²) in [6.07, 6.45) is 50.2. The minimum absolute atomic E-state index is 0.111. The molecule has 0 amide bonds. The number of hydrogen-bond acceptors (Lipinski definition) is 6. The highest BCUT2D eigenvalue weighted by Gasteiger charge is 2.47. The second-order valence-electron chi connectivity index (χ2n) is 21.9. The first kappa shape index (κ1) is 44.9. The molecular formula is C69H57N5S2. The fourth-order valence-electron chi connectivity index (χ4n) is 14.6. The Kier molecular flexibility index (Phi) is 10.7. The maximum Gasteiger partial charge on any atom is 0.164 e. The third-order valence-corrected chi connectivity index (χ3v) is 20.4. The Morgan fingerprint density at radius 2 is 1.53 bits per heavy atom. The van der Waals surface area contributed by atoms with E-state index in [1.54, 1.807) is 27.3 Å². The number of hydrogen-bond donors (Lipinski definition) is 0.